The van der Waals surface area contributed by atoms with Crippen LogP contribution in [0.4, 0.5) is 10.5 Å². The number of nitrogens with zero attached hydrogens (tertiary/aromatic N) is 2. The van der Waals surface area contributed by atoms with Crippen molar-refractivity contribution in [3.63, 3.8) is 0 Å². The van der Waals surface area contributed by atoms with Gasteiger partial charge in [0.05, 0.1) is 4.92 Å². The fraction of sp³-hybridized carbons (Fsp3) is 0.167. The Balaban J connectivity index is 1.83. The molecule has 2 aromatic carbocycles. The van der Waals surface area contributed by atoms with Crippen LogP contribution in [0, 0.1) is 10.1 Å². The number of carbonyl (C=O) groups excluding carboxylic acids is 3. The monoisotopic (exact) mass is 372 g/mol. The first-order valence-corrected chi connectivity index (χ1v) is 7.78. The van der Waals surface area contributed by atoms with Crippen molar-refractivity contribution in [3.05, 3.63) is 70.3 Å². The van der Waals surface area contributed by atoms with Gasteiger partial charge >= 0.3 is 12.1 Å². The minimum Gasteiger partial charge on any atom is -0.456 e. The van der Waals surface area contributed by atoms with Crippen molar-refractivity contribution >= 4 is 23.5 Å². The van der Waals surface area contributed by atoms with Crippen molar-refractivity contribution in [1.82, 2.24) is 4.90 Å². The summed E-state index contributed by atoms with van der Waals surface area (Å²) in [6.07, 6.45) is -0.761. The normalized spacial score (nSPS) is 9.96. The van der Waals surface area contributed by atoms with Crippen molar-refractivity contribution in [2.75, 3.05) is 20.2 Å². The number of para-hydroxylation sites is 1. The van der Waals surface area contributed by atoms with E-state index < -0.39 is 35.9 Å². The molecule has 0 atom stereocenters. The molecular weight excluding hydrogens is 356 g/mol. The Bertz CT molecular complexity index is 852. The number of hydrogen-bond donors (Lipinski definition) is 0. The van der Waals surface area contributed by atoms with Crippen LogP contribution in [0.15, 0.2) is 54.6 Å². The van der Waals surface area contributed by atoms with E-state index in [1.54, 1.807) is 30.3 Å². The first kappa shape index (κ1) is 19.6. The Hall–Kier alpha value is -3.75. The van der Waals surface area contributed by atoms with Crippen molar-refractivity contribution in [2.24, 2.45) is 0 Å². The summed E-state index contributed by atoms with van der Waals surface area (Å²) in [5.41, 5.74) is -0.190. The fourth-order valence-corrected chi connectivity index (χ4v) is 1.99. The number of ketones is 1. The van der Waals surface area contributed by atoms with Gasteiger partial charge in [-0.25, -0.2) is 4.79 Å². The molecule has 0 aliphatic rings. The predicted octanol–water partition coefficient (Wildman–Crippen LogP) is 2.45. The van der Waals surface area contributed by atoms with Crippen molar-refractivity contribution in [3.8, 4) is 5.75 Å². The summed E-state index contributed by atoms with van der Waals surface area (Å²) in [4.78, 5) is 46.7. The van der Waals surface area contributed by atoms with E-state index in [-0.39, 0.29) is 11.3 Å². The lowest BCUT2D eigenvalue weighted by Crippen LogP contribution is -2.35. The Labute approximate surface area is 154 Å². The SMILES string of the molecule is CN(CC(=O)OCC(=O)c1cccc([N+](=O)[O-])c1)C(=O)Oc1ccccc1. The third kappa shape index (κ3) is 5.92. The van der Waals surface area contributed by atoms with Crippen LogP contribution in [0.25, 0.3) is 0 Å². The third-order valence-electron chi connectivity index (χ3n) is 3.37. The van der Waals surface area contributed by atoms with Gasteiger partial charge in [0.2, 0.25) is 5.78 Å². The van der Waals surface area contributed by atoms with E-state index in [0.717, 1.165) is 11.0 Å². The molecule has 0 aliphatic heterocycles. The molecule has 9 nitrogen and oxygen atoms in total. The summed E-state index contributed by atoms with van der Waals surface area (Å²) in [6.45, 7) is -1.02. The van der Waals surface area contributed by atoms with E-state index in [2.05, 4.69) is 0 Å². The number of ether oxygens (including phenoxy) is 2. The van der Waals surface area contributed by atoms with E-state index in [1.165, 1.54) is 25.2 Å². The van der Waals surface area contributed by atoms with Crippen LogP contribution in [-0.2, 0) is 9.53 Å². The number of rotatable bonds is 7. The maximum absolute atomic E-state index is 12.0. The van der Waals surface area contributed by atoms with E-state index >= 15 is 0 Å². The second kappa shape index (κ2) is 9.09. The predicted molar refractivity (Wildman–Crippen MR) is 93.5 cm³/mol. The Morgan fingerprint density at radius 3 is 2.44 bits per heavy atom. The largest absolute Gasteiger partial charge is 0.456 e. The van der Waals surface area contributed by atoms with E-state index in [1.807, 2.05) is 0 Å². The average molecular weight is 372 g/mol. The second-order valence-corrected chi connectivity index (χ2v) is 5.43. The van der Waals surface area contributed by atoms with Crippen LogP contribution >= 0.6 is 0 Å². The van der Waals surface area contributed by atoms with Gasteiger partial charge in [-0.05, 0) is 12.1 Å². The van der Waals surface area contributed by atoms with Crippen molar-refractivity contribution in [2.45, 2.75) is 0 Å². The topological polar surface area (TPSA) is 116 Å². The molecule has 0 heterocycles. The molecule has 2 rings (SSSR count). The Morgan fingerprint density at radius 1 is 1.07 bits per heavy atom. The molecule has 0 bridgehead atoms. The van der Waals surface area contributed by atoms with Crippen LogP contribution < -0.4 is 4.74 Å². The summed E-state index contributed by atoms with van der Waals surface area (Å²) in [5, 5.41) is 10.7. The van der Waals surface area contributed by atoms with E-state index in [4.69, 9.17) is 9.47 Å². The van der Waals surface area contributed by atoms with Gasteiger partial charge in [0.25, 0.3) is 5.69 Å². The van der Waals surface area contributed by atoms with E-state index in [9.17, 15) is 24.5 Å². The zero-order valence-electron chi connectivity index (χ0n) is 14.4. The highest BCUT2D eigenvalue weighted by atomic mass is 16.6. The molecule has 0 aliphatic carbocycles. The van der Waals surface area contributed by atoms with Gasteiger partial charge in [-0.2, -0.15) is 0 Å². The van der Waals surface area contributed by atoms with Crippen LogP contribution in [0.2, 0.25) is 0 Å². The van der Waals surface area contributed by atoms with E-state index in [0.29, 0.717) is 5.75 Å². The van der Waals surface area contributed by atoms with Gasteiger partial charge in [0, 0.05) is 24.7 Å². The summed E-state index contributed by atoms with van der Waals surface area (Å²) in [5.74, 6) is -1.09. The number of non-ortho nitro benzene ring substituents is 1. The van der Waals surface area contributed by atoms with Gasteiger partial charge in [0.15, 0.2) is 6.61 Å². The Kier molecular flexibility index (Phi) is 6.59. The lowest BCUT2D eigenvalue weighted by atomic mass is 10.1. The molecule has 27 heavy (non-hydrogen) atoms. The molecule has 0 saturated heterocycles. The molecule has 0 saturated carbocycles. The number of carbonyl (C=O) groups is 3. The highest BCUT2D eigenvalue weighted by molar-refractivity contribution is 5.98. The minimum atomic E-state index is -0.818. The molecule has 0 fully saturated rings. The number of Topliss-reactive ketones (excluding diaryl/α,β-unsaturated/α-hetero) is 1. The van der Waals surface area contributed by atoms with Gasteiger partial charge in [0.1, 0.15) is 12.3 Å². The third-order valence-corrected chi connectivity index (χ3v) is 3.37. The number of hydrogen-bond acceptors (Lipinski definition) is 7. The van der Waals surface area contributed by atoms with Crippen LogP contribution in [-0.4, -0.2) is 47.9 Å². The summed E-state index contributed by atoms with van der Waals surface area (Å²) < 4.78 is 9.88. The van der Waals surface area contributed by atoms with Gasteiger partial charge in [-0.15, -0.1) is 0 Å². The minimum absolute atomic E-state index is 0.0499. The lowest BCUT2D eigenvalue weighted by Gasteiger charge is -2.15. The van der Waals surface area contributed by atoms with Crippen molar-refractivity contribution < 1.29 is 28.8 Å². The second-order valence-electron chi connectivity index (χ2n) is 5.43. The number of nitro groups is 1. The maximum Gasteiger partial charge on any atom is 0.415 e. The smallest absolute Gasteiger partial charge is 0.415 e. The first-order chi connectivity index (χ1) is 12.9. The average Bonchev–Trinajstić information content (AvgIpc) is 2.66. The molecule has 9 heteroatoms. The fourth-order valence-electron chi connectivity index (χ4n) is 1.99. The van der Waals surface area contributed by atoms with Crippen LogP contribution in [0.1, 0.15) is 10.4 Å². The maximum atomic E-state index is 12.0. The van der Waals surface area contributed by atoms with Crippen LogP contribution in [0.5, 0.6) is 5.75 Å². The summed E-state index contributed by atoms with van der Waals surface area (Å²) >= 11 is 0. The highest BCUT2D eigenvalue weighted by Gasteiger charge is 2.18. The number of likely N-dealkylation sites (N-methyl/N-ethyl adjacent to an activating group) is 1. The zero-order chi connectivity index (χ0) is 19.8. The molecule has 0 unspecified atom stereocenters. The molecule has 2 aromatic rings. The number of amides is 1. The molecule has 0 radical (unpaired) electrons. The quantitative estimate of drug-likeness (QED) is 0.317. The summed E-state index contributed by atoms with van der Waals surface area (Å²) in [7, 11) is 1.34. The van der Waals surface area contributed by atoms with Crippen LogP contribution in [0.3, 0.4) is 0 Å². The first-order valence-electron chi connectivity index (χ1n) is 7.78. The molecule has 140 valence electrons. The van der Waals surface area contributed by atoms with Gasteiger partial charge in [-0.3, -0.25) is 24.6 Å². The lowest BCUT2D eigenvalue weighted by molar-refractivity contribution is -0.384. The standard InChI is InChI=1S/C18H16N2O7/c1-19(18(23)27-15-8-3-2-4-9-15)11-17(22)26-12-16(21)13-6-5-7-14(10-13)20(24)25/h2-10H,11-12H2,1H3. The van der Waals surface area contributed by atoms with Gasteiger partial charge in [-0.1, -0.05) is 30.3 Å². The van der Waals surface area contributed by atoms with Gasteiger partial charge < -0.3 is 9.47 Å². The molecule has 1 amide bonds. The highest BCUT2D eigenvalue weighted by Crippen LogP contribution is 2.14. The number of nitro benzene ring substituents is 1. The molecular formula is C18H16N2O7. The number of esters is 1. The molecule has 0 spiro atoms. The zero-order valence-corrected chi connectivity index (χ0v) is 14.4. The van der Waals surface area contributed by atoms with Crippen molar-refractivity contribution in [1.29, 1.82) is 0 Å². The Morgan fingerprint density at radius 2 is 1.78 bits per heavy atom. The molecule has 0 N–H and O–H groups in total. The summed E-state index contributed by atoms with van der Waals surface area (Å²) in [6, 6.07) is 13.4. The number of benzene rings is 2. The molecule has 0 aromatic heterocycles.